The highest BCUT2D eigenvalue weighted by molar-refractivity contribution is 6.30. The zero-order chi connectivity index (χ0) is 10.7. The summed E-state index contributed by atoms with van der Waals surface area (Å²) in [5.41, 5.74) is 5.80. The molecule has 0 spiro atoms. The Bertz CT molecular complexity index is 357. The highest BCUT2D eigenvalue weighted by Gasteiger charge is 2.12. The van der Waals surface area contributed by atoms with E-state index in [1.54, 1.807) is 6.07 Å². The molecule has 1 rings (SSSR count). The third-order valence-corrected chi connectivity index (χ3v) is 2.06. The monoisotopic (exact) mass is 217 g/mol. The fourth-order valence-corrected chi connectivity index (χ4v) is 1.13. The Morgan fingerprint density at radius 3 is 2.79 bits per heavy atom. The Hall–Kier alpha value is -1.13. The largest absolute Gasteiger partial charge is 0.480 e. The maximum absolute atomic E-state index is 12.9. The Balaban J connectivity index is 2.78. The second-order valence-corrected chi connectivity index (χ2v) is 3.30. The van der Waals surface area contributed by atoms with Crippen LogP contribution >= 0.6 is 11.6 Å². The molecule has 1 aromatic rings. The van der Waals surface area contributed by atoms with Gasteiger partial charge in [0.15, 0.2) is 0 Å². The molecule has 0 aliphatic heterocycles. The zero-order valence-electron chi connectivity index (χ0n) is 7.21. The van der Waals surface area contributed by atoms with Crippen LogP contribution in [0.1, 0.15) is 5.56 Å². The first-order chi connectivity index (χ1) is 6.50. The van der Waals surface area contributed by atoms with Crippen molar-refractivity contribution in [3.8, 4) is 0 Å². The highest BCUT2D eigenvalue weighted by Crippen LogP contribution is 2.16. The van der Waals surface area contributed by atoms with Crippen molar-refractivity contribution in [1.82, 2.24) is 0 Å². The van der Waals surface area contributed by atoms with E-state index in [0.717, 1.165) is 0 Å². The Morgan fingerprint density at radius 2 is 2.29 bits per heavy atom. The molecule has 1 unspecified atom stereocenters. The van der Waals surface area contributed by atoms with Gasteiger partial charge in [-0.3, -0.25) is 4.79 Å². The van der Waals surface area contributed by atoms with E-state index >= 15 is 0 Å². The first kappa shape index (κ1) is 10.9. The van der Waals surface area contributed by atoms with Crippen LogP contribution in [0.15, 0.2) is 18.2 Å². The third-order valence-electron chi connectivity index (χ3n) is 1.76. The summed E-state index contributed by atoms with van der Waals surface area (Å²) in [4.78, 5) is 10.4. The molecule has 1 aromatic carbocycles. The van der Waals surface area contributed by atoms with Crippen LogP contribution in [0.2, 0.25) is 5.02 Å². The quantitative estimate of drug-likeness (QED) is 0.805. The van der Waals surface area contributed by atoms with Gasteiger partial charge >= 0.3 is 5.97 Å². The number of carboxylic acids is 1. The lowest BCUT2D eigenvalue weighted by molar-refractivity contribution is -0.138. The lowest BCUT2D eigenvalue weighted by Crippen LogP contribution is -2.32. The summed E-state index contributed by atoms with van der Waals surface area (Å²) in [5.74, 6) is -1.68. The minimum atomic E-state index is -1.11. The Kier molecular flexibility index (Phi) is 3.43. The number of hydrogen-bond donors (Lipinski definition) is 2. The molecule has 0 radical (unpaired) electrons. The first-order valence-corrected chi connectivity index (χ1v) is 4.31. The number of benzene rings is 1. The van der Waals surface area contributed by atoms with Crippen LogP contribution in [0.25, 0.3) is 0 Å². The second kappa shape index (κ2) is 4.39. The number of hydrogen-bond acceptors (Lipinski definition) is 2. The fraction of sp³-hybridized carbons (Fsp3) is 0.222. The molecule has 0 amide bonds. The van der Waals surface area contributed by atoms with Crippen molar-refractivity contribution in [3.63, 3.8) is 0 Å². The standard InChI is InChI=1S/C9H9ClFNO2/c10-6-2-1-5(3-7(6)11)4-8(12)9(13)14/h1-3,8H,4,12H2,(H,13,14). The number of halogens is 2. The van der Waals surface area contributed by atoms with E-state index in [4.69, 9.17) is 22.4 Å². The van der Waals surface area contributed by atoms with Crippen molar-refractivity contribution < 1.29 is 14.3 Å². The predicted octanol–water partition coefficient (Wildman–Crippen LogP) is 1.43. The summed E-state index contributed by atoms with van der Waals surface area (Å²) < 4.78 is 12.9. The van der Waals surface area contributed by atoms with Crippen molar-refractivity contribution in [2.24, 2.45) is 5.73 Å². The van der Waals surface area contributed by atoms with Gasteiger partial charge in [0.05, 0.1) is 5.02 Å². The van der Waals surface area contributed by atoms with Gasteiger partial charge in [-0.1, -0.05) is 17.7 Å². The fourth-order valence-electron chi connectivity index (χ4n) is 1.01. The average Bonchev–Trinajstić information content (AvgIpc) is 2.11. The molecular formula is C9H9ClFNO2. The average molecular weight is 218 g/mol. The van der Waals surface area contributed by atoms with Gasteiger partial charge in [0, 0.05) is 0 Å². The number of aliphatic carboxylic acids is 1. The van der Waals surface area contributed by atoms with Crippen LogP contribution in [-0.2, 0) is 11.2 Å². The molecule has 0 heterocycles. The van der Waals surface area contributed by atoms with E-state index in [9.17, 15) is 9.18 Å². The minimum absolute atomic E-state index is 0.0117. The van der Waals surface area contributed by atoms with E-state index in [2.05, 4.69) is 0 Å². The van der Waals surface area contributed by atoms with Gasteiger partial charge in [-0.2, -0.15) is 0 Å². The molecule has 0 bridgehead atoms. The van der Waals surface area contributed by atoms with Crippen LogP contribution in [0.4, 0.5) is 4.39 Å². The van der Waals surface area contributed by atoms with Gasteiger partial charge in [-0.25, -0.2) is 4.39 Å². The number of carbonyl (C=O) groups is 1. The van der Waals surface area contributed by atoms with Gasteiger partial charge in [-0.15, -0.1) is 0 Å². The topological polar surface area (TPSA) is 63.3 Å². The van der Waals surface area contributed by atoms with Crippen molar-refractivity contribution in [3.05, 3.63) is 34.6 Å². The zero-order valence-corrected chi connectivity index (χ0v) is 7.96. The molecule has 0 aliphatic carbocycles. The molecule has 0 aromatic heterocycles. The maximum Gasteiger partial charge on any atom is 0.320 e. The maximum atomic E-state index is 12.9. The van der Waals surface area contributed by atoms with E-state index in [1.165, 1.54) is 12.1 Å². The summed E-state index contributed by atoms with van der Waals surface area (Å²) in [7, 11) is 0. The molecule has 0 aliphatic rings. The van der Waals surface area contributed by atoms with Gasteiger partial charge in [0.25, 0.3) is 0 Å². The summed E-state index contributed by atoms with van der Waals surface area (Å²) in [6.45, 7) is 0. The second-order valence-electron chi connectivity index (χ2n) is 2.90. The van der Waals surface area contributed by atoms with Crippen molar-refractivity contribution in [1.29, 1.82) is 0 Å². The summed E-state index contributed by atoms with van der Waals surface area (Å²) in [6, 6.07) is 3.09. The van der Waals surface area contributed by atoms with Gasteiger partial charge in [0.2, 0.25) is 0 Å². The van der Waals surface area contributed by atoms with Crippen LogP contribution in [0.3, 0.4) is 0 Å². The third kappa shape index (κ3) is 2.68. The first-order valence-electron chi connectivity index (χ1n) is 3.93. The molecule has 3 nitrogen and oxygen atoms in total. The Labute approximate surface area is 85.3 Å². The van der Waals surface area contributed by atoms with E-state index in [-0.39, 0.29) is 11.4 Å². The van der Waals surface area contributed by atoms with Gasteiger partial charge < -0.3 is 10.8 Å². The smallest absolute Gasteiger partial charge is 0.320 e. The molecule has 3 N–H and O–H groups in total. The van der Waals surface area contributed by atoms with E-state index in [0.29, 0.717) is 5.56 Å². The molecular weight excluding hydrogens is 209 g/mol. The SMILES string of the molecule is NC(Cc1ccc(Cl)c(F)c1)C(=O)O. The molecule has 1 atom stereocenters. The van der Waals surface area contributed by atoms with Crippen LogP contribution in [-0.4, -0.2) is 17.1 Å². The molecule has 0 saturated heterocycles. The van der Waals surface area contributed by atoms with Crippen molar-refractivity contribution in [2.75, 3.05) is 0 Å². The molecule has 14 heavy (non-hydrogen) atoms. The number of rotatable bonds is 3. The highest BCUT2D eigenvalue weighted by atomic mass is 35.5. The summed E-state index contributed by atoms with van der Waals surface area (Å²) in [6.07, 6.45) is 0.0867. The predicted molar refractivity (Wildman–Crippen MR) is 50.7 cm³/mol. The molecule has 76 valence electrons. The van der Waals surface area contributed by atoms with Gasteiger partial charge in [-0.05, 0) is 24.1 Å². The normalized spacial score (nSPS) is 12.5. The van der Waals surface area contributed by atoms with Crippen LogP contribution < -0.4 is 5.73 Å². The van der Waals surface area contributed by atoms with Crippen LogP contribution in [0.5, 0.6) is 0 Å². The van der Waals surface area contributed by atoms with E-state index < -0.39 is 17.8 Å². The minimum Gasteiger partial charge on any atom is -0.480 e. The van der Waals surface area contributed by atoms with Crippen molar-refractivity contribution >= 4 is 17.6 Å². The van der Waals surface area contributed by atoms with E-state index in [1.807, 2.05) is 0 Å². The molecule has 0 fully saturated rings. The Morgan fingerprint density at radius 1 is 1.64 bits per heavy atom. The van der Waals surface area contributed by atoms with Crippen LogP contribution in [0, 0.1) is 5.82 Å². The summed E-state index contributed by atoms with van der Waals surface area (Å²) in [5, 5.41) is 8.53. The number of carboxylic acid groups (broad SMARTS) is 1. The molecule has 0 saturated carbocycles. The lowest BCUT2D eigenvalue weighted by atomic mass is 10.1. The lowest BCUT2D eigenvalue weighted by Gasteiger charge is -2.06. The summed E-state index contributed by atoms with van der Waals surface area (Å²) >= 11 is 5.46. The molecule has 5 heteroatoms. The van der Waals surface area contributed by atoms with Crippen molar-refractivity contribution in [2.45, 2.75) is 12.5 Å². The number of nitrogens with two attached hydrogens (primary N) is 1. The van der Waals surface area contributed by atoms with Gasteiger partial charge in [0.1, 0.15) is 11.9 Å².